The highest BCUT2D eigenvalue weighted by Gasteiger charge is 2.08. The molecule has 17 heavy (non-hydrogen) atoms. The van der Waals surface area contributed by atoms with E-state index in [0.717, 1.165) is 23.3 Å². The maximum atomic E-state index is 11.0. The van der Waals surface area contributed by atoms with Crippen molar-refractivity contribution in [1.82, 2.24) is 5.32 Å². The second-order valence-electron chi connectivity index (χ2n) is 3.55. The molecule has 0 aliphatic rings. The van der Waals surface area contributed by atoms with Gasteiger partial charge in [0.2, 0.25) is 0 Å². The number of nitrogens with two attached hydrogens (primary N) is 1. The van der Waals surface area contributed by atoms with Gasteiger partial charge < -0.3 is 15.8 Å². The Hall–Kier alpha value is -2.04. The Morgan fingerprint density at radius 2 is 2.12 bits per heavy atom. The number of primary amides is 1. The SMILES string of the molecule is CCc1cc(CNC(=O)C(N)=O)ccc1OC. The summed E-state index contributed by atoms with van der Waals surface area (Å²) < 4.78 is 5.19. The first kappa shape index (κ1) is 13.0. The number of nitrogens with one attached hydrogen (secondary N) is 1. The van der Waals surface area contributed by atoms with E-state index in [4.69, 9.17) is 10.5 Å². The molecule has 0 aromatic heterocycles. The summed E-state index contributed by atoms with van der Waals surface area (Å²) in [6, 6.07) is 5.60. The van der Waals surface area contributed by atoms with Gasteiger partial charge in [0.1, 0.15) is 5.75 Å². The summed E-state index contributed by atoms with van der Waals surface area (Å²) in [6.07, 6.45) is 0.834. The number of carbonyl (C=O) groups excluding carboxylic acids is 2. The van der Waals surface area contributed by atoms with Crippen LogP contribution in [0.15, 0.2) is 18.2 Å². The first-order chi connectivity index (χ1) is 8.08. The Morgan fingerprint density at radius 1 is 1.41 bits per heavy atom. The van der Waals surface area contributed by atoms with Gasteiger partial charge >= 0.3 is 11.8 Å². The third kappa shape index (κ3) is 3.48. The fourth-order valence-electron chi connectivity index (χ4n) is 1.49. The molecule has 92 valence electrons. The number of aryl methyl sites for hydroxylation is 1. The van der Waals surface area contributed by atoms with E-state index in [0.29, 0.717) is 0 Å². The average molecular weight is 236 g/mol. The zero-order valence-corrected chi connectivity index (χ0v) is 9.95. The second-order valence-corrected chi connectivity index (χ2v) is 3.55. The van der Waals surface area contributed by atoms with Crippen molar-refractivity contribution in [2.45, 2.75) is 19.9 Å². The highest BCUT2D eigenvalue weighted by molar-refractivity contribution is 6.34. The summed E-state index contributed by atoms with van der Waals surface area (Å²) >= 11 is 0. The Morgan fingerprint density at radius 3 is 2.65 bits per heavy atom. The molecule has 5 nitrogen and oxygen atoms in total. The summed E-state index contributed by atoms with van der Waals surface area (Å²) in [6.45, 7) is 2.29. The number of methoxy groups -OCH3 is 1. The van der Waals surface area contributed by atoms with Crippen LogP contribution in [0.4, 0.5) is 0 Å². The second kappa shape index (κ2) is 5.89. The molecule has 0 aliphatic heterocycles. The van der Waals surface area contributed by atoms with Crippen molar-refractivity contribution in [3.8, 4) is 5.75 Å². The van der Waals surface area contributed by atoms with Crippen LogP contribution in [-0.2, 0) is 22.6 Å². The summed E-state index contributed by atoms with van der Waals surface area (Å²) in [5.41, 5.74) is 6.79. The molecule has 0 bridgehead atoms. The number of ether oxygens (including phenoxy) is 1. The van der Waals surface area contributed by atoms with Crippen LogP contribution in [0, 0.1) is 0 Å². The molecular formula is C12H16N2O3. The molecule has 0 unspecified atom stereocenters. The Labute approximate surface area is 99.9 Å². The van der Waals surface area contributed by atoms with E-state index < -0.39 is 11.8 Å². The number of hydrogen-bond donors (Lipinski definition) is 2. The van der Waals surface area contributed by atoms with Crippen molar-refractivity contribution in [3.63, 3.8) is 0 Å². The fraction of sp³-hybridized carbons (Fsp3) is 0.333. The standard InChI is InChI=1S/C12H16N2O3/c1-3-9-6-8(4-5-10(9)17-2)7-14-12(16)11(13)15/h4-6H,3,7H2,1-2H3,(H2,13,15)(H,14,16). The predicted octanol–water partition coefficient (Wildman–Crippen LogP) is 0.359. The Kier molecular flexibility index (Phi) is 4.51. The summed E-state index contributed by atoms with van der Waals surface area (Å²) in [7, 11) is 1.61. The van der Waals surface area contributed by atoms with Crippen molar-refractivity contribution in [1.29, 1.82) is 0 Å². The van der Waals surface area contributed by atoms with E-state index in [-0.39, 0.29) is 6.54 Å². The van der Waals surface area contributed by atoms with Gasteiger partial charge in [-0.1, -0.05) is 19.1 Å². The maximum Gasteiger partial charge on any atom is 0.309 e. The number of rotatable bonds is 4. The van der Waals surface area contributed by atoms with Crippen molar-refractivity contribution < 1.29 is 14.3 Å². The van der Waals surface area contributed by atoms with E-state index in [1.165, 1.54) is 0 Å². The molecule has 0 saturated carbocycles. The van der Waals surface area contributed by atoms with Crippen LogP contribution in [0.1, 0.15) is 18.1 Å². The zero-order chi connectivity index (χ0) is 12.8. The van der Waals surface area contributed by atoms with Crippen LogP contribution < -0.4 is 15.8 Å². The Balaban J connectivity index is 2.73. The third-order valence-electron chi connectivity index (χ3n) is 2.40. The lowest BCUT2D eigenvalue weighted by molar-refractivity contribution is -0.137. The molecule has 0 aliphatic carbocycles. The topological polar surface area (TPSA) is 81.4 Å². The molecule has 0 radical (unpaired) electrons. The van der Waals surface area contributed by atoms with E-state index in [9.17, 15) is 9.59 Å². The smallest absolute Gasteiger partial charge is 0.309 e. The van der Waals surface area contributed by atoms with E-state index in [1.807, 2.05) is 25.1 Å². The van der Waals surface area contributed by atoms with Crippen LogP contribution in [0.3, 0.4) is 0 Å². The maximum absolute atomic E-state index is 11.0. The minimum absolute atomic E-state index is 0.277. The van der Waals surface area contributed by atoms with Crippen molar-refractivity contribution in [3.05, 3.63) is 29.3 Å². The predicted molar refractivity (Wildman–Crippen MR) is 63.4 cm³/mol. The summed E-state index contributed by atoms with van der Waals surface area (Å²) in [4.78, 5) is 21.5. The van der Waals surface area contributed by atoms with Crippen LogP contribution in [0.25, 0.3) is 0 Å². The van der Waals surface area contributed by atoms with Gasteiger partial charge in [0.15, 0.2) is 0 Å². The summed E-state index contributed by atoms with van der Waals surface area (Å²) in [5.74, 6) is -0.939. The molecule has 0 spiro atoms. The van der Waals surface area contributed by atoms with E-state index >= 15 is 0 Å². The molecule has 5 heteroatoms. The molecule has 2 amide bonds. The third-order valence-corrected chi connectivity index (χ3v) is 2.40. The lowest BCUT2D eigenvalue weighted by atomic mass is 10.1. The minimum atomic E-state index is -0.978. The molecular weight excluding hydrogens is 220 g/mol. The molecule has 1 aromatic carbocycles. The average Bonchev–Trinajstić information content (AvgIpc) is 2.35. The van der Waals surface area contributed by atoms with Crippen LogP contribution in [0.2, 0.25) is 0 Å². The van der Waals surface area contributed by atoms with Gasteiger partial charge in [-0.15, -0.1) is 0 Å². The van der Waals surface area contributed by atoms with Crippen molar-refractivity contribution >= 4 is 11.8 Å². The number of amides is 2. The first-order valence-corrected chi connectivity index (χ1v) is 5.32. The highest BCUT2D eigenvalue weighted by Crippen LogP contribution is 2.20. The lowest BCUT2D eigenvalue weighted by Gasteiger charge is -2.09. The molecule has 1 aromatic rings. The van der Waals surface area contributed by atoms with Gasteiger partial charge in [0, 0.05) is 6.54 Å². The molecule has 0 fully saturated rings. The molecule has 3 N–H and O–H groups in total. The number of carbonyl (C=O) groups is 2. The monoisotopic (exact) mass is 236 g/mol. The molecule has 0 atom stereocenters. The van der Waals surface area contributed by atoms with Crippen LogP contribution >= 0.6 is 0 Å². The van der Waals surface area contributed by atoms with Gasteiger partial charge in [0.25, 0.3) is 0 Å². The van der Waals surface area contributed by atoms with E-state index in [2.05, 4.69) is 5.32 Å². The highest BCUT2D eigenvalue weighted by atomic mass is 16.5. The first-order valence-electron chi connectivity index (χ1n) is 5.32. The molecule has 0 saturated heterocycles. The molecule has 0 heterocycles. The lowest BCUT2D eigenvalue weighted by Crippen LogP contribution is -2.35. The Bertz CT molecular complexity index is 430. The van der Waals surface area contributed by atoms with Gasteiger partial charge in [0.05, 0.1) is 7.11 Å². The number of benzene rings is 1. The van der Waals surface area contributed by atoms with Crippen molar-refractivity contribution in [2.24, 2.45) is 5.73 Å². The normalized spacial score (nSPS) is 9.76. The summed E-state index contributed by atoms with van der Waals surface area (Å²) in [5, 5.41) is 2.43. The fourth-order valence-corrected chi connectivity index (χ4v) is 1.49. The quantitative estimate of drug-likeness (QED) is 0.740. The minimum Gasteiger partial charge on any atom is -0.496 e. The van der Waals surface area contributed by atoms with Gasteiger partial charge in [-0.2, -0.15) is 0 Å². The zero-order valence-electron chi connectivity index (χ0n) is 9.95. The van der Waals surface area contributed by atoms with Crippen LogP contribution in [0.5, 0.6) is 5.75 Å². The van der Waals surface area contributed by atoms with E-state index in [1.54, 1.807) is 7.11 Å². The van der Waals surface area contributed by atoms with Gasteiger partial charge in [-0.05, 0) is 23.6 Å². The van der Waals surface area contributed by atoms with Crippen molar-refractivity contribution in [2.75, 3.05) is 7.11 Å². The van der Waals surface area contributed by atoms with Crippen LogP contribution in [-0.4, -0.2) is 18.9 Å². The largest absolute Gasteiger partial charge is 0.496 e. The number of hydrogen-bond acceptors (Lipinski definition) is 3. The molecule has 1 rings (SSSR count). The van der Waals surface area contributed by atoms with Gasteiger partial charge in [-0.25, -0.2) is 0 Å². The van der Waals surface area contributed by atoms with Gasteiger partial charge in [-0.3, -0.25) is 9.59 Å².